The van der Waals surface area contributed by atoms with E-state index in [9.17, 15) is 24.0 Å². The number of rotatable bonds is 18. The SMILES string of the molecule is C=CCOC(=O)c1cccc(NC(=O)[C@@H](CCCN=C(NC(=O)OC(C)(C)C)NC(=O)OC(C)(C)C)CC(=O)COc2ccc3ccccc3c2-c2c(OCC=C)ccc3ccccc23)c1. The number of hydrogen-bond acceptors (Lipinski definition) is 11. The Morgan fingerprint density at radius 1 is 0.682 bits per heavy atom. The van der Waals surface area contributed by atoms with Crippen molar-refractivity contribution in [2.75, 3.05) is 31.7 Å². The maximum Gasteiger partial charge on any atom is 0.414 e. The second-order valence-electron chi connectivity index (χ2n) is 17.2. The minimum atomic E-state index is -0.901. The van der Waals surface area contributed by atoms with Crippen LogP contribution >= 0.6 is 0 Å². The van der Waals surface area contributed by atoms with E-state index in [1.54, 1.807) is 65.8 Å². The molecule has 0 aliphatic heterocycles. The molecular formula is C52H58N4O10. The molecule has 0 radical (unpaired) electrons. The molecule has 14 nitrogen and oxygen atoms in total. The van der Waals surface area contributed by atoms with Gasteiger partial charge in [0.1, 0.15) is 42.5 Å². The third-order valence-corrected chi connectivity index (χ3v) is 9.54. The van der Waals surface area contributed by atoms with Gasteiger partial charge in [-0.1, -0.05) is 92.0 Å². The van der Waals surface area contributed by atoms with E-state index in [4.69, 9.17) is 23.7 Å². The van der Waals surface area contributed by atoms with Gasteiger partial charge < -0.3 is 29.0 Å². The average molecular weight is 899 g/mol. The first-order valence-electron chi connectivity index (χ1n) is 21.6. The normalized spacial score (nSPS) is 11.7. The lowest BCUT2D eigenvalue weighted by Gasteiger charge is -2.22. The molecule has 5 rings (SSSR count). The molecule has 5 aromatic carbocycles. The van der Waals surface area contributed by atoms with E-state index in [0.29, 0.717) is 17.2 Å². The summed E-state index contributed by atoms with van der Waals surface area (Å²) in [7, 11) is 0. The number of benzene rings is 5. The lowest BCUT2D eigenvalue weighted by atomic mass is 9.92. The molecule has 0 saturated carbocycles. The molecule has 346 valence electrons. The van der Waals surface area contributed by atoms with Crippen LogP contribution in [-0.2, 0) is 23.8 Å². The molecule has 0 unspecified atom stereocenters. The van der Waals surface area contributed by atoms with Crippen molar-refractivity contribution in [1.29, 1.82) is 0 Å². The molecule has 3 amide bonds. The van der Waals surface area contributed by atoms with E-state index in [1.807, 2.05) is 72.8 Å². The van der Waals surface area contributed by atoms with E-state index in [0.717, 1.165) is 32.7 Å². The minimum Gasteiger partial charge on any atom is -0.489 e. The van der Waals surface area contributed by atoms with Gasteiger partial charge in [0, 0.05) is 35.7 Å². The summed E-state index contributed by atoms with van der Waals surface area (Å²) < 4.78 is 28.5. The number of alkyl carbamates (subject to hydrolysis) is 2. The highest BCUT2D eigenvalue weighted by Gasteiger charge is 2.26. The Labute approximate surface area is 385 Å². The van der Waals surface area contributed by atoms with Crippen LogP contribution in [0.2, 0.25) is 0 Å². The highest BCUT2D eigenvalue weighted by atomic mass is 16.6. The fourth-order valence-corrected chi connectivity index (χ4v) is 6.85. The summed E-state index contributed by atoms with van der Waals surface area (Å²) in [5.41, 5.74) is 0.393. The number of anilines is 1. The van der Waals surface area contributed by atoms with Gasteiger partial charge in [0.25, 0.3) is 0 Å². The number of carbonyl (C=O) groups is 5. The molecule has 0 spiro atoms. The minimum absolute atomic E-state index is 0.0132. The summed E-state index contributed by atoms with van der Waals surface area (Å²) in [6.07, 6.45) is 1.57. The Morgan fingerprint density at radius 2 is 1.24 bits per heavy atom. The Hall–Kier alpha value is -7.48. The van der Waals surface area contributed by atoms with Crippen LogP contribution in [0.3, 0.4) is 0 Å². The van der Waals surface area contributed by atoms with Crippen molar-refractivity contribution in [3.8, 4) is 22.6 Å². The number of esters is 1. The van der Waals surface area contributed by atoms with Crippen molar-refractivity contribution in [2.24, 2.45) is 10.9 Å². The quantitative estimate of drug-likeness (QED) is 0.0191. The van der Waals surface area contributed by atoms with Gasteiger partial charge in [-0.3, -0.25) is 25.2 Å². The maximum absolute atomic E-state index is 14.1. The van der Waals surface area contributed by atoms with Crippen molar-refractivity contribution >= 4 is 63.0 Å². The summed E-state index contributed by atoms with van der Waals surface area (Å²) in [4.78, 5) is 70.4. The van der Waals surface area contributed by atoms with Gasteiger partial charge in [-0.15, -0.1) is 0 Å². The summed E-state index contributed by atoms with van der Waals surface area (Å²) in [6, 6.07) is 29.7. The first-order chi connectivity index (χ1) is 31.4. The molecule has 1 atom stereocenters. The zero-order valence-electron chi connectivity index (χ0n) is 38.4. The summed E-state index contributed by atoms with van der Waals surface area (Å²) in [6.45, 7) is 17.5. The van der Waals surface area contributed by atoms with Crippen LogP contribution in [0.25, 0.3) is 32.7 Å². The molecule has 0 heterocycles. The van der Waals surface area contributed by atoms with Gasteiger partial charge in [-0.05, 0) is 106 Å². The number of hydrogen-bond donors (Lipinski definition) is 3. The van der Waals surface area contributed by atoms with Crippen LogP contribution < -0.4 is 25.4 Å². The lowest BCUT2D eigenvalue weighted by molar-refractivity contribution is -0.127. The van der Waals surface area contributed by atoms with Crippen LogP contribution in [0, 0.1) is 5.92 Å². The fraction of sp³-hybridized carbons (Fsp3) is 0.308. The average Bonchev–Trinajstić information content (AvgIpc) is 3.26. The zero-order valence-corrected chi connectivity index (χ0v) is 38.4. The van der Waals surface area contributed by atoms with Crippen molar-refractivity contribution in [1.82, 2.24) is 10.6 Å². The number of carbonyl (C=O) groups excluding carboxylic acids is 5. The topological polar surface area (TPSA) is 180 Å². The number of guanidine groups is 1. The van der Waals surface area contributed by atoms with Crippen molar-refractivity contribution in [2.45, 2.75) is 72.0 Å². The third-order valence-electron chi connectivity index (χ3n) is 9.54. The number of Topliss-reactive ketones (excluding diaryl/α,β-unsaturated/α-hetero) is 1. The molecule has 0 aliphatic rings. The predicted molar refractivity (Wildman–Crippen MR) is 257 cm³/mol. The predicted octanol–water partition coefficient (Wildman–Crippen LogP) is 10.3. The molecular weight excluding hydrogens is 841 g/mol. The standard InChI is InChI=1S/C52H58N4O10/c1-9-29-62-42-26-24-34-17-11-13-22-40(34)44(42)45-41-23-14-12-18-35(41)25-27-43(45)64-33-39(57)32-36(46(58)54-38-21-15-19-37(31-38)47(59)63-30-10-2)20-16-28-53-48(55-49(60)65-51(3,4)5)56-50(61)66-52(6,7)8/h9-15,17-19,21-27,31,36H,1-2,16,20,28-30,32-33H2,3-8H3,(H,54,58)(H2,53,55,56,60,61)/t36-/m0/s1. The van der Waals surface area contributed by atoms with Crippen LogP contribution in [0.4, 0.5) is 15.3 Å². The Balaban J connectivity index is 1.41. The van der Waals surface area contributed by atoms with Crippen LogP contribution in [0.5, 0.6) is 11.5 Å². The number of nitrogens with one attached hydrogen (secondary N) is 3. The summed E-state index contributed by atoms with van der Waals surface area (Å²) in [5.74, 6) is -1.52. The molecule has 0 saturated heterocycles. The number of ether oxygens (including phenoxy) is 5. The third kappa shape index (κ3) is 14.8. The van der Waals surface area contributed by atoms with Crippen LogP contribution in [0.15, 0.2) is 127 Å². The van der Waals surface area contributed by atoms with E-state index in [1.165, 1.54) is 12.1 Å². The summed E-state index contributed by atoms with van der Waals surface area (Å²) in [5, 5.41) is 11.5. The van der Waals surface area contributed by atoms with Gasteiger partial charge in [0.2, 0.25) is 11.9 Å². The lowest BCUT2D eigenvalue weighted by Crippen LogP contribution is -2.47. The fourth-order valence-electron chi connectivity index (χ4n) is 6.85. The van der Waals surface area contributed by atoms with Gasteiger partial charge in [-0.2, -0.15) is 0 Å². The number of fused-ring (bicyclic) bond motifs is 2. The second kappa shape index (κ2) is 22.9. The van der Waals surface area contributed by atoms with E-state index < -0.39 is 41.2 Å². The highest BCUT2D eigenvalue weighted by Crippen LogP contribution is 2.45. The molecule has 0 bridgehead atoms. The Morgan fingerprint density at radius 3 is 1.80 bits per heavy atom. The van der Waals surface area contributed by atoms with Gasteiger partial charge in [0.15, 0.2) is 5.78 Å². The molecule has 0 aliphatic carbocycles. The van der Waals surface area contributed by atoms with Crippen molar-refractivity contribution in [3.05, 3.63) is 128 Å². The van der Waals surface area contributed by atoms with Gasteiger partial charge >= 0.3 is 18.2 Å². The first kappa shape index (κ1) is 49.5. The molecule has 3 N–H and O–H groups in total. The number of nitrogens with zero attached hydrogens (tertiary/aromatic N) is 1. The molecule has 0 fully saturated rings. The molecule has 14 heteroatoms. The zero-order chi connectivity index (χ0) is 47.9. The second-order valence-corrected chi connectivity index (χ2v) is 17.2. The van der Waals surface area contributed by atoms with Crippen LogP contribution in [0.1, 0.15) is 71.2 Å². The largest absolute Gasteiger partial charge is 0.489 e. The maximum atomic E-state index is 14.1. The smallest absolute Gasteiger partial charge is 0.414 e. The number of amides is 3. The number of ketones is 1. The summed E-state index contributed by atoms with van der Waals surface area (Å²) >= 11 is 0. The monoisotopic (exact) mass is 898 g/mol. The van der Waals surface area contributed by atoms with Crippen molar-refractivity contribution < 1.29 is 47.7 Å². The Kier molecular flexibility index (Phi) is 17.2. The van der Waals surface area contributed by atoms with Crippen LogP contribution in [-0.4, -0.2) is 73.4 Å². The molecule has 5 aromatic rings. The van der Waals surface area contributed by atoms with E-state index >= 15 is 0 Å². The molecule has 0 aromatic heterocycles. The highest BCUT2D eigenvalue weighted by molar-refractivity contribution is 6.10. The van der Waals surface area contributed by atoms with Gasteiger partial charge in [0.05, 0.1) is 5.56 Å². The first-order valence-corrected chi connectivity index (χ1v) is 21.6. The number of aliphatic imine (C=N–C) groups is 1. The van der Waals surface area contributed by atoms with Gasteiger partial charge in [-0.25, -0.2) is 14.4 Å². The Bertz CT molecular complexity index is 2570. The van der Waals surface area contributed by atoms with E-state index in [-0.39, 0.29) is 62.9 Å². The van der Waals surface area contributed by atoms with E-state index in [2.05, 4.69) is 34.1 Å². The molecule has 66 heavy (non-hydrogen) atoms. The van der Waals surface area contributed by atoms with Crippen molar-refractivity contribution in [3.63, 3.8) is 0 Å².